The number of halogens is 1. The normalized spacial score (nSPS) is 10.1. The van der Waals surface area contributed by atoms with E-state index in [1.165, 1.54) is 13.0 Å². The summed E-state index contributed by atoms with van der Waals surface area (Å²) < 4.78 is 5.92. The van der Waals surface area contributed by atoms with Gasteiger partial charge in [0.15, 0.2) is 12.4 Å². The molecule has 0 unspecified atom stereocenters. The quantitative estimate of drug-likeness (QED) is 0.624. The number of hydrogen-bond donors (Lipinski definition) is 1. The van der Waals surface area contributed by atoms with E-state index in [0.29, 0.717) is 11.3 Å². The Morgan fingerprint density at radius 2 is 1.67 bits per heavy atom. The van der Waals surface area contributed by atoms with Crippen molar-refractivity contribution in [3.8, 4) is 0 Å². The number of rotatable bonds is 5. The first kappa shape index (κ1) is 17.9. The van der Waals surface area contributed by atoms with E-state index in [1.807, 2.05) is 6.92 Å². The minimum atomic E-state index is -0.618. The highest BCUT2D eigenvalue weighted by Crippen LogP contribution is 2.18. The van der Waals surface area contributed by atoms with E-state index >= 15 is 0 Å². The maximum Gasteiger partial charge on any atom is 0.338 e. The molecule has 0 aliphatic rings. The topological polar surface area (TPSA) is 72.5 Å². The first-order chi connectivity index (χ1) is 11.4. The lowest BCUT2D eigenvalue weighted by molar-refractivity contribution is -0.114. The van der Waals surface area contributed by atoms with Gasteiger partial charge in [0, 0.05) is 22.6 Å². The Morgan fingerprint density at radius 1 is 1.04 bits per heavy atom. The van der Waals surface area contributed by atoms with Crippen LogP contribution in [0.25, 0.3) is 0 Å². The first-order valence-electron chi connectivity index (χ1n) is 7.21. The lowest BCUT2D eigenvalue weighted by Gasteiger charge is -2.09. The number of carbonyl (C=O) groups is 3. The Hall–Kier alpha value is -2.47. The number of benzene rings is 2. The Bertz CT molecular complexity index is 784. The second-order valence-electron chi connectivity index (χ2n) is 5.22. The zero-order valence-electron chi connectivity index (χ0n) is 13.3. The van der Waals surface area contributed by atoms with Crippen molar-refractivity contribution in [1.29, 1.82) is 0 Å². The molecule has 0 aliphatic carbocycles. The number of amides is 1. The minimum absolute atomic E-state index is 0.228. The zero-order valence-corrected chi connectivity index (χ0v) is 14.8. The Morgan fingerprint density at radius 3 is 2.29 bits per heavy atom. The maximum absolute atomic E-state index is 12.1. The lowest BCUT2D eigenvalue weighted by atomic mass is 10.1. The number of carbonyl (C=O) groups excluding carboxylic acids is 3. The third-order valence-electron chi connectivity index (χ3n) is 3.28. The van der Waals surface area contributed by atoms with Crippen molar-refractivity contribution < 1.29 is 19.1 Å². The van der Waals surface area contributed by atoms with Crippen molar-refractivity contribution in [3.63, 3.8) is 0 Å². The number of ether oxygens (including phenoxy) is 1. The second-order valence-corrected chi connectivity index (χ2v) is 6.13. The molecule has 2 aromatic rings. The van der Waals surface area contributed by atoms with Crippen molar-refractivity contribution in [2.45, 2.75) is 13.8 Å². The fraction of sp³-hybridized carbons (Fsp3) is 0.167. The number of ketones is 1. The van der Waals surface area contributed by atoms with Gasteiger partial charge in [0.05, 0.1) is 5.56 Å². The molecule has 124 valence electrons. The molecule has 0 saturated heterocycles. The summed E-state index contributed by atoms with van der Waals surface area (Å²) in [5, 5.41) is 2.65. The monoisotopic (exact) mass is 389 g/mol. The minimum Gasteiger partial charge on any atom is -0.454 e. The number of aryl methyl sites for hydroxylation is 1. The fourth-order valence-corrected chi connectivity index (χ4v) is 2.27. The Kier molecular flexibility index (Phi) is 5.87. The summed E-state index contributed by atoms with van der Waals surface area (Å²) in [7, 11) is 0. The summed E-state index contributed by atoms with van der Waals surface area (Å²) in [5.74, 6) is -1.13. The molecular formula is C18H16BrNO4. The first-order valence-corrected chi connectivity index (χ1v) is 8.00. The molecule has 1 amide bonds. The van der Waals surface area contributed by atoms with Gasteiger partial charge in [-0.25, -0.2) is 4.79 Å². The zero-order chi connectivity index (χ0) is 17.7. The molecule has 0 saturated carbocycles. The van der Waals surface area contributed by atoms with Crippen molar-refractivity contribution in [1.82, 2.24) is 0 Å². The summed E-state index contributed by atoms with van der Waals surface area (Å²) in [6.45, 7) is 2.86. The predicted molar refractivity (Wildman–Crippen MR) is 94.2 cm³/mol. The van der Waals surface area contributed by atoms with Crippen LogP contribution in [0, 0.1) is 6.92 Å². The average Bonchev–Trinajstić information content (AvgIpc) is 2.54. The molecule has 0 heterocycles. The molecule has 0 aromatic heterocycles. The number of nitrogens with one attached hydrogen (secondary N) is 1. The summed E-state index contributed by atoms with van der Waals surface area (Å²) in [6.07, 6.45) is 0. The Labute approximate surface area is 148 Å². The summed E-state index contributed by atoms with van der Waals surface area (Å²) >= 11 is 3.29. The van der Waals surface area contributed by atoms with Gasteiger partial charge in [0.1, 0.15) is 0 Å². The molecule has 0 radical (unpaired) electrons. The van der Waals surface area contributed by atoms with Crippen LogP contribution in [0.3, 0.4) is 0 Å². The van der Waals surface area contributed by atoms with E-state index in [4.69, 9.17) is 4.74 Å². The van der Waals surface area contributed by atoms with Gasteiger partial charge in [0.25, 0.3) is 0 Å². The van der Waals surface area contributed by atoms with Gasteiger partial charge in [-0.05, 0) is 36.8 Å². The van der Waals surface area contributed by atoms with E-state index < -0.39 is 5.97 Å². The van der Waals surface area contributed by atoms with Crippen LogP contribution >= 0.6 is 15.9 Å². The average molecular weight is 390 g/mol. The van der Waals surface area contributed by atoms with Gasteiger partial charge >= 0.3 is 5.97 Å². The predicted octanol–water partition coefficient (Wildman–Crippen LogP) is 3.76. The number of anilines is 1. The van der Waals surface area contributed by atoms with Crippen LogP contribution in [0.2, 0.25) is 0 Å². The molecule has 0 aliphatic heterocycles. The SMILES string of the molecule is CC(=O)Nc1cc(C(=O)OCC(=O)c2ccc(Br)cc2)ccc1C. The number of hydrogen-bond acceptors (Lipinski definition) is 4. The van der Waals surface area contributed by atoms with E-state index in [9.17, 15) is 14.4 Å². The molecule has 6 heteroatoms. The molecule has 24 heavy (non-hydrogen) atoms. The summed E-state index contributed by atoms with van der Waals surface area (Å²) in [4.78, 5) is 35.3. The van der Waals surface area contributed by atoms with Crippen LogP contribution in [-0.2, 0) is 9.53 Å². The van der Waals surface area contributed by atoms with Crippen molar-refractivity contribution in [3.05, 3.63) is 63.6 Å². The molecule has 0 spiro atoms. The van der Waals surface area contributed by atoms with E-state index in [0.717, 1.165) is 10.0 Å². The van der Waals surface area contributed by atoms with Gasteiger partial charge < -0.3 is 10.1 Å². The summed E-state index contributed by atoms with van der Waals surface area (Å²) in [6, 6.07) is 11.6. The molecule has 1 N–H and O–H groups in total. The third kappa shape index (κ3) is 4.76. The highest BCUT2D eigenvalue weighted by molar-refractivity contribution is 9.10. The van der Waals surface area contributed by atoms with Gasteiger partial charge in [0.2, 0.25) is 5.91 Å². The smallest absolute Gasteiger partial charge is 0.338 e. The van der Waals surface area contributed by atoms with Crippen LogP contribution in [0.5, 0.6) is 0 Å². The molecule has 2 aromatic carbocycles. The molecule has 0 fully saturated rings. The standard InChI is InChI=1S/C18H16BrNO4/c1-11-3-4-14(9-16(11)20-12(2)21)18(23)24-10-17(22)13-5-7-15(19)8-6-13/h3-9H,10H2,1-2H3,(H,20,21). The largest absolute Gasteiger partial charge is 0.454 e. The fourth-order valence-electron chi connectivity index (χ4n) is 2.01. The van der Waals surface area contributed by atoms with Gasteiger partial charge in [-0.1, -0.05) is 34.1 Å². The number of esters is 1. The van der Waals surface area contributed by atoms with Crippen LogP contribution in [-0.4, -0.2) is 24.3 Å². The highest BCUT2D eigenvalue weighted by atomic mass is 79.9. The molecule has 5 nitrogen and oxygen atoms in total. The molecule has 0 bridgehead atoms. The maximum atomic E-state index is 12.1. The van der Waals surface area contributed by atoms with Crippen molar-refractivity contribution in [2.24, 2.45) is 0 Å². The number of Topliss-reactive ketones (excluding diaryl/α,β-unsaturated/α-hetero) is 1. The van der Waals surface area contributed by atoms with Crippen LogP contribution in [0.1, 0.15) is 33.2 Å². The second kappa shape index (κ2) is 7.88. The molecule has 0 atom stereocenters. The molecule has 2 rings (SSSR count). The van der Waals surface area contributed by atoms with Crippen LogP contribution in [0.4, 0.5) is 5.69 Å². The van der Waals surface area contributed by atoms with Crippen LogP contribution in [0.15, 0.2) is 46.9 Å². The third-order valence-corrected chi connectivity index (χ3v) is 3.81. The van der Waals surface area contributed by atoms with Gasteiger partial charge in [-0.2, -0.15) is 0 Å². The highest BCUT2D eigenvalue weighted by Gasteiger charge is 2.13. The van der Waals surface area contributed by atoms with Crippen molar-refractivity contribution in [2.75, 3.05) is 11.9 Å². The van der Waals surface area contributed by atoms with Gasteiger partial charge in [-0.3, -0.25) is 9.59 Å². The van der Waals surface area contributed by atoms with E-state index in [-0.39, 0.29) is 23.9 Å². The van der Waals surface area contributed by atoms with E-state index in [2.05, 4.69) is 21.2 Å². The van der Waals surface area contributed by atoms with E-state index in [1.54, 1.807) is 36.4 Å². The van der Waals surface area contributed by atoms with Crippen molar-refractivity contribution >= 4 is 39.3 Å². The Balaban J connectivity index is 2.03. The molecular weight excluding hydrogens is 374 g/mol. The summed E-state index contributed by atoms with van der Waals surface area (Å²) in [5.41, 5.74) is 2.10. The van der Waals surface area contributed by atoms with Gasteiger partial charge in [-0.15, -0.1) is 0 Å². The van der Waals surface area contributed by atoms with Crippen LogP contribution < -0.4 is 5.32 Å². The lowest BCUT2D eigenvalue weighted by Crippen LogP contribution is -2.15.